The van der Waals surface area contributed by atoms with Crippen LogP contribution in [0.2, 0.25) is 0 Å². The molecule has 160 valence electrons. The van der Waals surface area contributed by atoms with Gasteiger partial charge in [-0.05, 0) is 43.3 Å². The van der Waals surface area contributed by atoms with Crippen LogP contribution in [0.5, 0.6) is 0 Å². The first-order valence-corrected chi connectivity index (χ1v) is 10.4. The summed E-state index contributed by atoms with van der Waals surface area (Å²) in [6.07, 6.45) is 0. The number of aromatic nitrogens is 7. The Balaban J connectivity index is 1.65. The molecule has 33 heavy (non-hydrogen) atoms. The summed E-state index contributed by atoms with van der Waals surface area (Å²) in [7, 11) is 0. The molecule has 0 fully saturated rings. The van der Waals surface area contributed by atoms with E-state index in [-0.39, 0.29) is 11.1 Å². The summed E-state index contributed by atoms with van der Waals surface area (Å²) in [6.45, 7) is 2.02. The normalized spacial score (nSPS) is 11.3. The van der Waals surface area contributed by atoms with Crippen LogP contribution in [0.4, 0.5) is 11.6 Å². The Bertz CT molecular complexity index is 1650. The number of aryl methyl sites for hydroxylation is 1. The molecule has 3 aromatic heterocycles. The lowest BCUT2D eigenvalue weighted by molar-refractivity contribution is 0.817. The summed E-state index contributed by atoms with van der Waals surface area (Å²) in [6, 6.07) is 27.1. The van der Waals surface area contributed by atoms with Crippen LogP contribution < -0.4 is 10.9 Å². The van der Waals surface area contributed by atoms with Crippen LogP contribution in [0, 0.1) is 6.92 Å². The van der Waals surface area contributed by atoms with Crippen molar-refractivity contribution in [2.24, 2.45) is 0 Å². The predicted molar refractivity (Wildman–Crippen MR) is 125 cm³/mol. The number of hydrogen-bond acceptors (Lipinski definition) is 6. The number of nitrogens with one attached hydrogen (secondary N) is 1. The van der Waals surface area contributed by atoms with Gasteiger partial charge in [0.25, 0.3) is 0 Å². The van der Waals surface area contributed by atoms with E-state index in [0.29, 0.717) is 17.4 Å². The molecule has 0 bridgehead atoms. The van der Waals surface area contributed by atoms with E-state index in [1.54, 1.807) is 4.68 Å². The van der Waals surface area contributed by atoms with Crippen molar-refractivity contribution in [3.63, 3.8) is 0 Å². The highest BCUT2D eigenvalue weighted by Crippen LogP contribution is 2.23. The third-order valence-corrected chi connectivity index (χ3v) is 5.37. The van der Waals surface area contributed by atoms with Crippen molar-refractivity contribution in [1.29, 1.82) is 0 Å². The lowest BCUT2D eigenvalue weighted by atomic mass is 10.2. The number of anilines is 2. The molecule has 6 rings (SSSR count). The van der Waals surface area contributed by atoms with E-state index in [1.807, 2.05) is 96.4 Å². The fourth-order valence-corrected chi connectivity index (χ4v) is 3.72. The minimum absolute atomic E-state index is 0.149. The lowest BCUT2D eigenvalue weighted by Crippen LogP contribution is -2.17. The van der Waals surface area contributed by atoms with E-state index in [1.165, 1.54) is 4.52 Å². The maximum absolute atomic E-state index is 13.3. The second kappa shape index (κ2) is 7.41. The molecule has 0 aliphatic heterocycles. The molecule has 1 N–H and O–H groups in total. The van der Waals surface area contributed by atoms with Crippen molar-refractivity contribution >= 4 is 28.6 Å². The summed E-state index contributed by atoms with van der Waals surface area (Å²) in [5, 5.41) is 16.1. The zero-order valence-corrected chi connectivity index (χ0v) is 17.6. The zero-order chi connectivity index (χ0) is 22.4. The molecule has 0 saturated heterocycles. The zero-order valence-electron chi connectivity index (χ0n) is 17.6. The molecule has 0 amide bonds. The van der Waals surface area contributed by atoms with E-state index in [4.69, 9.17) is 4.98 Å². The van der Waals surface area contributed by atoms with E-state index in [9.17, 15) is 4.79 Å². The van der Waals surface area contributed by atoms with Gasteiger partial charge >= 0.3 is 5.56 Å². The van der Waals surface area contributed by atoms with Crippen molar-refractivity contribution in [2.75, 3.05) is 5.32 Å². The van der Waals surface area contributed by atoms with Gasteiger partial charge in [-0.3, -0.25) is 4.79 Å². The van der Waals surface area contributed by atoms with Gasteiger partial charge < -0.3 is 5.32 Å². The third-order valence-electron chi connectivity index (χ3n) is 5.37. The third kappa shape index (κ3) is 3.14. The molecule has 9 nitrogen and oxygen atoms in total. The molecule has 0 radical (unpaired) electrons. The molecular formula is C24H18N8O. The van der Waals surface area contributed by atoms with Crippen LogP contribution in [0.1, 0.15) is 5.56 Å². The van der Waals surface area contributed by atoms with E-state index >= 15 is 0 Å². The maximum Gasteiger partial charge on any atom is 0.306 e. The Morgan fingerprint density at radius 2 is 1.52 bits per heavy atom. The molecule has 0 aliphatic carbocycles. The number of benzene rings is 3. The van der Waals surface area contributed by atoms with Gasteiger partial charge in [-0.2, -0.15) is 14.2 Å². The van der Waals surface area contributed by atoms with Gasteiger partial charge in [0.2, 0.25) is 11.7 Å². The summed E-state index contributed by atoms with van der Waals surface area (Å²) in [4.78, 5) is 18.1. The Hall–Kier alpha value is -4.79. The number of rotatable bonds is 4. The second-order valence-corrected chi connectivity index (χ2v) is 7.62. The average molecular weight is 434 g/mol. The van der Waals surface area contributed by atoms with Crippen molar-refractivity contribution < 1.29 is 0 Å². The highest BCUT2D eigenvalue weighted by Gasteiger charge is 2.21. The van der Waals surface area contributed by atoms with Crippen LogP contribution >= 0.6 is 0 Å². The summed E-state index contributed by atoms with van der Waals surface area (Å²) >= 11 is 0. The van der Waals surface area contributed by atoms with E-state index < -0.39 is 0 Å². The maximum atomic E-state index is 13.3. The first kappa shape index (κ1) is 18.9. The molecule has 0 atom stereocenters. The molecule has 0 aliphatic rings. The van der Waals surface area contributed by atoms with Crippen molar-refractivity contribution in [3.05, 3.63) is 101 Å². The SMILES string of the molecule is Cc1ccc(-n2c(Nc3ccccc3)nn3c(=O)c4nnn(-c5ccccc5)c4nc23)cc1. The molecule has 3 aromatic carbocycles. The first-order chi connectivity index (χ1) is 16.2. The summed E-state index contributed by atoms with van der Waals surface area (Å²) in [5.74, 6) is 0.816. The quantitative estimate of drug-likeness (QED) is 0.455. The van der Waals surface area contributed by atoms with Crippen LogP contribution in [-0.4, -0.2) is 34.2 Å². The first-order valence-electron chi connectivity index (χ1n) is 10.4. The monoisotopic (exact) mass is 434 g/mol. The minimum Gasteiger partial charge on any atom is -0.324 e. The Morgan fingerprint density at radius 1 is 0.818 bits per heavy atom. The van der Waals surface area contributed by atoms with Gasteiger partial charge in [0.1, 0.15) is 0 Å². The number of hydrogen-bond donors (Lipinski definition) is 1. The van der Waals surface area contributed by atoms with Crippen molar-refractivity contribution in [2.45, 2.75) is 6.92 Å². The topological polar surface area (TPSA) is 94.9 Å². The standard InChI is InChI=1S/C24H18N8O/c1-16-12-14-18(15-13-16)30-23(25-17-8-4-2-5-9-17)28-32-22(33)20-21(26-24(30)32)31(29-27-20)19-10-6-3-7-11-19/h2-15H,1H3,(H,25,28). The number of fused-ring (bicyclic) bond motifs is 2. The highest BCUT2D eigenvalue weighted by atomic mass is 16.1. The van der Waals surface area contributed by atoms with Gasteiger partial charge in [0.15, 0.2) is 11.2 Å². The van der Waals surface area contributed by atoms with E-state index in [2.05, 4.69) is 20.7 Å². The van der Waals surface area contributed by atoms with Crippen molar-refractivity contribution in [1.82, 2.24) is 34.2 Å². The van der Waals surface area contributed by atoms with Crippen LogP contribution in [0.15, 0.2) is 89.7 Å². The Morgan fingerprint density at radius 3 is 2.24 bits per heavy atom. The molecule has 0 unspecified atom stereocenters. The van der Waals surface area contributed by atoms with Gasteiger partial charge in [-0.1, -0.05) is 59.3 Å². The van der Waals surface area contributed by atoms with Crippen LogP contribution in [-0.2, 0) is 0 Å². The largest absolute Gasteiger partial charge is 0.324 e. The lowest BCUT2D eigenvalue weighted by Gasteiger charge is -2.10. The van der Waals surface area contributed by atoms with Crippen molar-refractivity contribution in [3.8, 4) is 11.4 Å². The van der Waals surface area contributed by atoms with Gasteiger partial charge in [-0.25, -0.2) is 4.57 Å². The summed E-state index contributed by atoms with van der Waals surface area (Å²) in [5.41, 5.74) is 3.67. The highest BCUT2D eigenvalue weighted by molar-refractivity contribution is 5.74. The van der Waals surface area contributed by atoms with E-state index in [0.717, 1.165) is 22.6 Å². The van der Waals surface area contributed by atoms with Gasteiger partial charge in [0.05, 0.1) is 11.4 Å². The molecular weight excluding hydrogens is 416 g/mol. The minimum atomic E-state index is -0.390. The molecule has 0 spiro atoms. The molecule has 3 heterocycles. The van der Waals surface area contributed by atoms with Crippen LogP contribution in [0.3, 0.4) is 0 Å². The molecule has 9 heteroatoms. The fraction of sp³-hybridized carbons (Fsp3) is 0.0417. The smallest absolute Gasteiger partial charge is 0.306 e. The molecule has 6 aromatic rings. The fourth-order valence-electron chi connectivity index (χ4n) is 3.72. The Labute approximate surface area is 187 Å². The average Bonchev–Trinajstić information content (AvgIpc) is 3.43. The molecule has 0 saturated carbocycles. The summed E-state index contributed by atoms with van der Waals surface area (Å²) < 4.78 is 4.64. The predicted octanol–water partition coefficient (Wildman–Crippen LogP) is 3.67. The number of para-hydroxylation sites is 2. The van der Waals surface area contributed by atoms with Gasteiger partial charge in [0, 0.05) is 5.69 Å². The second-order valence-electron chi connectivity index (χ2n) is 7.62. The Kier molecular flexibility index (Phi) is 4.25. The van der Waals surface area contributed by atoms with Crippen LogP contribution in [0.25, 0.3) is 28.3 Å². The van der Waals surface area contributed by atoms with Gasteiger partial charge in [-0.15, -0.1) is 10.2 Å². The number of nitrogens with zero attached hydrogens (tertiary/aromatic N) is 7.